The maximum atomic E-state index is 12.9. The van der Waals surface area contributed by atoms with Gasteiger partial charge in [-0.15, -0.1) is 0 Å². The monoisotopic (exact) mass is 271 g/mol. The van der Waals surface area contributed by atoms with Gasteiger partial charge in [0, 0.05) is 6.04 Å². The molecule has 1 heterocycles. The highest BCUT2D eigenvalue weighted by atomic mass is 32.2. The summed E-state index contributed by atoms with van der Waals surface area (Å²) >= 11 is 0. The van der Waals surface area contributed by atoms with Crippen LogP contribution < -0.4 is 5.32 Å². The van der Waals surface area contributed by atoms with Gasteiger partial charge in [-0.25, -0.2) is 12.8 Å². The molecule has 1 aromatic carbocycles. The second kappa shape index (κ2) is 5.36. The van der Waals surface area contributed by atoms with Crippen molar-refractivity contribution in [1.82, 2.24) is 5.32 Å². The van der Waals surface area contributed by atoms with Gasteiger partial charge < -0.3 is 5.32 Å². The second-order valence-corrected chi connectivity index (χ2v) is 7.10. The number of halogens is 1. The van der Waals surface area contributed by atoms with Gasteiger partial charge in [-0.2, -0.15) is 0 Å². The number of hydrogen-bond donors (Lipinski definition) is 1. The summed E-state index contributed by atoms with van der Waals surface area (Å²) in [6, 6.07) is 4.85. The van der Waals surface area contributed by atoms with E-state index in [1.165, 1.54) is 12.1 Å². The molecule has 3 nitrogen and oxygen atoms in total. The molecule has 1 N–H and O–H groups in total. The second-order valence-electron chi connectivity index (χ2n) is 4.87. The van der Waals surface area contributed by atoms with E-state index in [0.717, 1.165) is 24.1 Å². The zero-order valence-corrected chi connectivity index (χ0v) is 11.3. The average Bonchev–Trinajstić information content (AvgIpc) is 2.61. The molecule has 1 saturated heterocycles. The molecule has 0 amide bonds. The lowest BCUT2D eigenvalue weighted by Crippen LogP contribution is -2.31. The molecular formula is C13H18FNO2S. The van der Waals surface area contributed by atoms with E-state index in [2.05, 4.69) is 5.32 Å². The number of benzene rings is 1. The zero-order valence-electron chi connectivity index (χ0n) is 10.4. The summed E-state index contributed by atoms with van der Waals surface area (Å²) in [5.74, 6) is 0.321. The Morgan fingerprint density at radius 2 is 2.22 bits per heavy atom. The Balaban J connectivity index is 1.82. The third kappa shape index (κ3) is 3.53. The molecule has 18 heavy (non-hydrogen) atoms. The minimum atomic E-state index is -2.82. The first-order valence-electron chi connectivity index (χ1n) is 6.15. The maximum Gasteiger partial charge on any atom is 0.151 e. The van der Waals surface area contributed by atoms with Gasteiger partial charge in [-0.05, 0) is 49.6 Å². The summed E-state index contributed by atoms with van der Waals surface area (Å²) in [4.78, 5) is 0. The van der Waals surface area contributed by atoms with Crippen LogP contribution in [0.2, 0.25) is 0 Å². The Hall–Kier alpha value is -0.940. The largest absolute Gasteiger partial charge is 0.313 e. The molecule has 2 rings (SSSR count). The molecule has 1 aliphatic heterocycles. The number of aryl methyl sites for hydroxylation is 1. The van der Waals surface area contributed by atoms with Crippen molar-refractivity contribution in [3.05, 3.63) is 35.1 Å². The van der Waals surface area contributed by atoms with E-state index in [-0.39, 0.29) is 17.6 Å². The van der Waals surface area contributed by atoms with Crippen molar-refractivity contribution in [1.29, 1.82) is 0 Å². The molecule has 0 aromatic heterocycles. The molecule has 0 bridgehead atoms. The van der Waals surface area contributed by atoms with Crippen LogP contribution in [0.4, 0.5) is 4.39 Å². The SMILES string of the molecule is Cc1cc(F)ccc1CCNC1CCS(=O)(=O)C1. The molecule has 100 valence electrons. The smallest absolute Gasteiger partial charge is 0.151 e. The molecule has 0 radical (unpaired) electrons. The van der Waals surface area contributed by atoms with Crippen LogP contribution in [0.15, 0.2) is 18.2 Å². The molecular weight excluding hydrogens is 253 g/mol. The van der Waals surface area contributed by atoms with E-state index in [1.807, 2.05) is 6.92 Å². The minimum Gasteiger partial charge on any atom is -0.313 e. The van der Waals surface area contributed by atoms with E-state index >= 15 is 0 Å². The summed E-state index contributed by atoms with van der Waals surface area (Å²) < 4.78 is 35.5. The third-order valence-corrected chi connectivity index (χ3v) is 5.13. The van der Waals surface area contributed by atoms with Gasteiger partial charge in [-0.1, -0.05) is 6.07 Å². The molecule has 5 heteroatoms. The van der Waals surface area contributed by atoms with Crippen molar-refractivity contribution in [3.63, 3.8) is 0 Å². The Morgan fingerprint density at radius 1 is 1.44 bits per heavy atom. The van der Waals surface area contributed by atoms with Crippen LogP contribution in [-0.4, -0.2) is 32.5 Å². The lowest BCUT2D eigenvalue weighted by molar-refractivity contribution is 0.555. The molecule has 1 fully saturated rings. The fourth-order valence-electron chi connectivity index (χ4n) is 2.31. The molecule has 0 aliphatic carbocycles. The Labute approximate surface area is 107 Å². The normalized spacial score (nSPS) is 22.2. The van der Waals surface area contributed by atoms with Crippen LogP contribution in [-0.2, 0) is 16.3 Å². The Kier molecular flexibility index (Phi) is 4.02. The molecule has 0 saturated carbocycles. The van der Waals surface area contributed by atoms with Crippen molar-refractivity contribution in [3.8, 4) is 0 Å². The number of rotatable bonds is 4. The summed E-state index contributed by atoms with van der Waals surface area (Å²) in [6.45, 7) is 2.62. The van der Waals surface area contributed by atoms with Gasteiger partial charge in [0.15, 0.2) is 9.84 Å². The van der Waals surface area contributed by atoms with E-state index in [4.69, 9.17) is 0 Å². The summed E-state index contributed by atoms with van der Waals surface area (Å²) in [6.07, 6.45) is 1.49. The van der Waals surface area contributed by atoms with Crippen LogP contribution >= 0.6 is 0 Å². The maximum absolute atomic E-state index is 12.9. The molecule has 1 unspecified atom stereocenters. The van der Waals surface area contributed by atoms with Crippen molar-refractivity contribution in [2.45, 2.75) is 25.8 Å². The fourth-order valence-corrected chi connectivity index (χ4v) is 4.01. The minimum absolute atomic E-state index is 0.0794. The van der Waals surface area contributed by atoms with Crippen molar-refractivity contribution in [2.75, 3.05) is 18.1 Å². The quantitative estimate of drug-likeness (QED) is 0.901. The van der Waals surface area contributed by atoms with Gasteiger partial charge in [0.2, 0.25) is 0 Å². The Morgan fingerprint density at radius 3 is 2.83 bits per heavy atom. The number of sulfone groups is 1. The zero-order chi connectivity index (χ0) is 13.2. The molecule has 1 aliphatic rings. The van der Waals surface area contributed by atoms with Crippen LogP contribution in [0.25, 0.3) is 0 Å². The standard InChI is InChI=1S/C13H18FNO2S/c1-10-8-12(14)3-2-11(10)4-6-15-13-5-7-18(16,17)9-13/h2-3,8,13,15H,4-7,9H2,1H3. The van der Waals surface area contributed by atoms with Crippen molar-refractivity contribution < 1.29 is 12.8 Å². The van der Waals surface area contributed by atoms with Gasteiger partial charge in [0.05, 0.1) is 11.5 Å². The van der Waals surface area contributed by atoms with E-state index < -0.39 is 9.84 Å². The van der Waals surface area contributed by atoms with Gasteiger partial charge in [0.25, 0.3) is 0 Å². The fraction of sp³-hybridized carbons (Fsp3) is 0.538. The van der Waals surface area contributed by atoms with Crippen LogP contribution in [0.3, 0.4) is 0 Å². The molecule has 0 spiro atoms. The first kappa shape index (κ1) is 13.5. The lowest BCUT2D eigenvalue weighted by Gasteiger charge is -2.11. The average molecular weight is 271 g/mol. The van der Waals surface area contributed by atoms with Crippen molar-refractivity contribution in [2.24, 2.45) is 0 Å². The predicted molar refractivity (Wildman–Crippen MR) is 69.9 cm³/mol. The van der Waals surface area contributed by atoms with Crippen LogP contribution in [0.5, 0.6) is 0 Å². The molecule has 1 aromatic rings. The van der Waals surface area contributed by atoms with Crippen LogP contribution in [0.1, 0.15) is 17.5 Å². The number of hydrogen-bond acceptors (Lipinski definition) is 3. The lowest BCUT2D eigenvalue weighted by atomic mass is 10.1. The highest BCUT2D eigenvalue weighted by Gasteiger charge is 2.26. The summed E-state index contributed by atoms with van der Waals surface area (Å²) in [5.41, 5.74) is 2.04. The third-order valence-electron chi connectivity index (χ3n) is 3.36. The number of nitrogens with one attached hydrogen (secondary N) is 1. The topological polar surface area (TPSA) is 46.2 Å². The van der Waals surface area contributed by atoms with Crippen LogP contribution in [0, 0.1) is 12.7 Å². The highest BCUT2D eigenvalue weighted by Crippen LogP contribution is 2.13. The van der Waals surface area contributed by atoms with E-state index in [0.29, 0.717) is 12.2 Å². The summed E-state index contributed by atoms with van der Waals surface area (Å²) in [5, 5.41) is 3.25. The first-order chi connectivity index (χ1) is 8.46. The van der Waals surface area contributed by atoms with Gasteiger partial charge in [-0.3, -0.25) is 0 Å². The Bertz CT molecular complexity index is 528. The van der Waals surface area contributed by atoms with Gasteiger partial charge >= 0.3 is 0 Å². The highest BCUT2D eigenvalue weighted by molar-refractivity contribution is 7.91. The molecule has 1 atom stereocenters. The van der Waals surface area contributed by atoms with E-state index in [1.54, 1.807) is 6.07 Å². The van der Waals surface area contributed by atoms with Gasteiger partial charge in [0.1, 0.15) is 5.82 Å². The van der Waals surface area contributed by atoms with E-state index in [9.17, 15) is 12.8 Å². The summed E-state index contributed by atoms with van der Waals surface area (Å²) in [7, 11) is -2.82. The first-order valence-corrected chi connectivity index (χ1v) is 7.97. The predicted octanol–water partition coefficient (Wildman–Crippen LogP) is 1.45. The van der Waals surface area contributed by atoms with Crippen molar-refractivity contribution >= 4 is 9.84 Å².